The molecular formula is C5H10O4S. The zero-order valence-corrected chi connectivity index (χ0v) is 6.94. The average Bonchev–Trinajstić information content (AvgIpc) is 1.86. The van der Waals surface area contributed by atoms with Gasteiger partial charge in [0.1, 0.15) is 0 Å². The molecule has 0 saturated heterocycles. The van der Waals surface area contributed by atoms with Crippen molar-refractivity contribution in [3.05, 3.63) is 0 Å². The van der Waals surface area contributed by atoms with Crippen LogP contribution >= 0.6 is 0 Å². The zero-order chi connectivity index (χ0) is 8.36. The highest BCUT2D eigenvalue weighted by molar-refractivity contribution is 8.06. The number of methoxy groups -OCH3 is 1. The molecule has 0 aromatic rings. The molecule has 60 valence electrons. The molecule has 0 amide bonds. The van der Waals surface area contributed by atoms with Crippen LogP contribution in [-0.4, -0.2) is 26.1 Å². The summed E-state index contributed by atoms with van der Waals surface area (Å²) in [5.41, 5.74) is 0. The van der Waals surface area contributed by atoms with Crippen molar-refractivity contribution >= 4 is 15.1 Å². The summed E-state index contributed by atoms with van der Waals surface area (Å²) in [6.45, 7) is 2.85. The lowest BCUT2D eigenvalue weighted by Crippen LogP contribution is -2.23. The maximum absolute atomic E-state index is 10.8. The Morgan fingerprint density at radius 1 is 1.40 bits per heavy atom. The maximum Gasteiger partial charge on any atom is 0.424 e. The molecular weight excluding hydrogens is 156 g/mol. The summed E-state index contributed by atoms with van der Waals surface area (Å²) in [5, 5.41) is -1.87. The highest BCUT2D eigenvalue weighted by Crippen LogP contribution is 2.02. The van der Waals surface area contributed by atoms with Gasteiger partial charge < -0.3 is 4.74 Å². The van der Waals surface area contributed by atoms with E-state index >= 15 is 0 Å². The standard InChI is InChI=1S/C5H10O4S/c1-4(2)10(7,8)5(6)9-3/h4H,1-3H3. The third-order valence-electron chi connectivity index (χ3n) is 1.02. The highest BCUT2D eigenvalue weighted by atomic mass is 32.2. The van der Waals surface area contributed by atoms with Crippen LogP contribution in [-0.2, 0) is 14.6 Å². The molecule has 0 fully saturated rings. The Bertz CT molecular complexity index is 214. The molecule has 0 saturated carbocycles. The Morgan fingerprint density at radius 3 is 1.90 bits per heavy atom. The lowest BCUT2D eigenvalue weighted by molar-refractivity contribution is 0.197. The summed E-state index contributed by atoms with van der Waals surface area (Å²) in [7, 11) is -2.64. The first kappa shape index (κ1) is 9.42. The van der Waals surface area contributed by atoms with E-state index in [4.69, 9.17) is 0 Å². The van der Waals surface area contributed by atoms with E-state index in [1.807, 2.05) is 0 Å². The highest BCUT2D eigenvalue weighted by Gasteiger charge is 2.26. The molecule has 0 heterocycles. The molecule has 0 aromatic heterocycles. The third-order valence-corrected chi connectivity index (χ3v) is 2.89. The second-order valence-corrected chi connectivity index (χ2v) is 4.41. The Kier molecular flexibility index (Phi) is 2.83. The van der Waals surface area contributed by atoms with Crippen LogP contribution in [0.5, 0.6) is 0 Å². The Balaban J connectivity index is 4.60. The van der Waals surface area contributed by atoms with E-state index in [-0.39, 0.29) is 0 Å². The third kappa shape index (κ3) is 1.70. The van der Waals surface area contributed by atoms with Crippen molar-refractivity contribution in [3.8, 4) is 0 Å². The van der Waals surface area contributed by atoms with Crippen LogP contribution in [0.15, 0.2) is 0 Å². The summed E-state index contributed by atoms with van der Waals surface area (Å²) in [4.78, 5) is 10.5. The number of rotatable bonds is 1. The first-order chi connectivity index (χ1) is 4.42. The first-order valence-corrected chi connectivity index (χ1v) is 4.29. The molecule has 0 unspecified atom stereocenters. The average molecular weight is 166 g/mol. The fourth-order valence-corrected chi connectivity index (χ4v) is 0.926. The van der Waals surface area contributed by atoms with Gasteiger partial charge in [-0.15, -0.1) is 0 Å². The lowest BCUT2D eigenvalue weighted by atomic mass is 10.6. The lowest BCUT2D eigenvalue weighted by Gasteiger charge is -2.02. The fourth-order valence-electron chi connectivity index (χ4n) is 0.309. The van der Waals surface area contributed by atoms with E-state index in [1.54, 1.807) is 0 Å². The van der Waals surface area contributed by atoms with Crippen LogP contribution in [0.1, 0.15) is 13.8 Å². The molecule has 0 spiro atoms. The van der Waals surface area contributed by atoms with Crippen LogP contribution in [0, 0.1) is 0 Å². The van der Waals surface area contributed by atoms with Gasteiger partial charge in [0.05, 0.1) is 12.4 Å². The van der Waals surface area contributed by atoms with Gasteiger partial charge in [0.25, 0.3) is 9.84 Å². The predicted octanol–water partition coefficient (Wildman–Crippen LogP) is 0.576. The monoisotopic (exact) mass is 166 g/mol. The number of carbonyl (C=O) groups excluding carboxylic acids is 1. The van der Waals surface area contributed by atoms with Gasteiger partial charge in [0.15, 0.2) is 0 Å². The molecule has 0 rings (SSSR count). The number of hydrogen-bond donors (Lipinski definition) is 0. The minimum atomic E-state index is -3.69. The Labute approximate surface area is 60.1 Å². The largest absolute Gasteiger partial charge is 0.457 e. The number of hydrogen-bond acceptors (Lipinski definition) is 4. The van der Waals surface area contributed by atoms with Crippen molar-refractivity contribution in [2.45, 2.75) is 19.1 Å². The molecule has 0 atom stereocenters. The van der Waals surface area contributed by atoms with Crippen molar-refractivity contribution in [1.82, 2.24) is 0 Å². The Hall–Kier alpha value is -0.580. The molecule has 0 aromatic carbocycles. The molecule has 0 aliphatic heterocycles. The normalized spacial score (nSPS) is 11.6. The van der Waals surface area contributed by atoms with Crippen LogP contribution in [0.2, 0.25) is 0 Å². The van der Waals surface area contributed by atoms with Gasteiger partial charge >= 0.3 is 5.30 Å². The van der Waals surface area contributed by atoms with Crippen LogP contribution in [0.3, 0.4) is 0 Å². The van der Waals surface area contributed by atoms with Crippen LogP contribution in [0.4, 0.5) is 4.79 Å². The van der Waals surface area contributed by atoms with Gasteiger partial charge in [0, 0.05) is 0 Å². The topological polar surface area (TPSA) is 60.4 Å². The van der Waals surface area contributed by atoms with E-state index in [2.05, 4.69) is 4.74 Å². The van der Waals surface area contributed by atoms with E-state index in [0.717, 1.165) is 7.11 Å². The number of ether oxygens (including phenoxy) is 1. The second-order valence-electron chi connectivity index (χ2n) is 2.05. The van der Waals surface area contributed by atoms with Crippen LogP contribution in [0.25, 0.3) is 0 Å². The predicted molar refractivity (Wildman–Crippen MR) is 36.5 cm³/mol. The van der Waals surface area contributed by atoms with Crippen molar-refractivity contribution in [1.29, 1.82) is 0 Å². The van der Waals surface area contributed by atoms with Crippen molar-refractivity contribution in [2.24, 2.45) is 0 Å². The van der Waals surface area contributed by atoms with E-state index in [9.17, 15) is 13.2 Å². The first-order valence-electron chi connectivity index (χ1n) is 2.74. The van der Waals surface area contributed by atoms with Gasteiger partial charge in [-0.3, -0.25) is 0 Å². The molecule has 4 nitrogen and oxygen atoms in total. The summed E-state index contributed by atoms with van der Waals surface area (Å²) < 4.78 is 25.6. The zero-order valence-electron chi connectivity index (χ0n) is 6.12. The van der Waals surface area contributed by atoms with Crippen molar-refractivity contribution < 1.29 is 17.9 Å². The van der Waals surface area contributed by atoms with Crippen LogP contribution < -0.4 is 0 Å². The van der Waals surface area contributed by atoms with E-state index < -0.39 is 20.4 Å². The van der Waals surface area contributed by atoms with Gasteiger partial charge in [0.2, 0.25) is 0 Å². The van der Waals surface area contributed by atoms with E-state index in [0.29, 0.717) is 0 Å². The summed E-state index contributed by atoms with van der Waals surface area (Å²) in [6.07, 6.45) is 0. The SMILES string of the molecule is COC(=O)S(=O)(=O)C(C)C. The number of carbonyl (C=O) groups is 1. The molecule has 0 aliphatic carbocycles. The Morgan fingerprint density at radius 2 is 1.80 bits per heavy atom. The molecule has 5 heteroatoms. The second kappa shape index (κ2) is 3.01. The minimum Gasteiger partial charge on any atom is -0.457 e. The summed E-state index contributed by atoms with van der Waals surface area (Å²) in [5.74, 6) is 0. The molecule has 0 bridgehead atoms. The molecule has 0 radical (unpaired) electrons. The smallest absolute Gasteiger partial charge is 0.424 e. The summed E-state index contributed by atoms with van der Waals surface area (Å²) in [6, 6.07) is 0. The van der Waals surface area contributed by atoms with E-state index in [1.165, 1.54) is 13.8 Å². The van der Waals surface area contributed by atoms with Gasteiger partial charge in [-0.05, 0) is 13.8 Å². The minimum absolute atomic E-state index is 0.708. The molecule has 10 heavy (non-hydrogen) atoms. The van der Waals surface area contributed by atoms with Gasteiger partial charge in [-0.1, -0.05) is 0 Å². The van der Waals surface area contributed by atoms with Crippen molar-refractivity contribution in [2.75, 3.05) is 7.11 Å². The quantitative estimate of drug-likeness (QED) is 0.534. The molecule has 0 N–H and O–H groups in total. The maximum atomic E-state index is 10.8. The summed E-state index contributed by atoms with van der Waals surface area (Å²) >= 11 is 0. The van der Waals surface area contributed by atoms with Gasteiger partial charge in [-0.25, -0.2) is 13.2 Å². The number of sulfone groups is 1. The van der Waals surface area contributed by atoms with Gasteiger partial charge in [-0.2, -0.15) is 0 Å². The molecule has 0 aliphatic rings. The van der Waals surface area contributed by atoms with Crippen molar-refractivity contribution in [3.63, 3.8) is 0 Å². The fraction of sp³-hybridized carbons (Fsp3) is 0.800.